The molecule has 0 saturated carbocycles. The maximum atomic E-state index is 12.3. The van der Waals surface area contributed by atoms with E-state index < -0.39 is 11.4 Å². The minimum Gasteiger partial charge on any atom is -0.481 e. The molecular formula is C26H28N4O2. The zero-order valence-electron chi connectivity index (χ0n) is 18.4. The Kier molecular flexibility index (Phi) is 6.38. The lowest BCUT2D eigenvalue weighted by Gasteiger charge is -2.39. The highest BCUT2D eigenvalue weighted by Crippen LogP contribution is 2.36. The molecule has 1 aromatic heterocycles. The van der Waals surface area contributed by atoms with Crippen molar-refractivity contribution in [2.24, 2.45) is 5.41 Å². The molecule has 0 spiro atoms. The van der Waals surface area contributed by atoms with Crippen molar-refractivity contribution in [3.63, 3.8) is 0 Å². The lowest BCUT2D eigenvalue weighted by atomic mass is 9.73. The van der Waals surface area contributed by atoms with Crippen LogP contribution in [-0.4, -0.2) is 38.6 Å². The van der Waals surface area contributed by atoms with E-state index in [1.54, 1.807) is 0 Å². The van der Waals surface area contributed by atoms with Crippen molar-refractivity contribution >= 4 is 5.97 Å². The topological polar surface area (TPSA) is 82.2 Å². The zero-order chi connectivity index (χ0) is 22.6. The van der Waals surface area contributed by atoms with Gasteiger partial charge in [0, 0.05) is 19.3 Å². The van der Waals surface area contributed by atoms with E-state index >= 15 is 0 Å². The summed E-state index contributed by atoms with van der Waals surface area (Å²) in [4.78, 5) is 18.9. The van der Waals surface area contributed by atoms with Crippen LogP contribution < -0.4 is 0 Å². The predicted octanol–water partition coefficient (Wildman–Crippen LogP) is 4.02. The summed E-state index contributed by atoms with van der Waals surface area (Å²) in [6.07, 6.45) is 5.58. The summed E-state index contributed by atoms with van der Waals surface area (Å²) >= 11 is 0. The van der Waals surface area contributed by atoms with Gasteiger partial charge in [0.1, 0.15) is 0 Å². The number of nitriles is 1. The summed E-state index contributed by atoms with van der Waals surface area (Å²) in [5.41, 5.74) is 4.46. The van der Waals surface area contributed by atoms with E-state index in [0.717, 1.165) is 42.0 Å². The molecule has 1 N–H and O–H groups in total. The Morgan fingerprint density at radius 1 is 1.12 bits per heavy atom. The number of rotatable bonds is 7. The largest absolute Gasteiger partial charge is 0.481 e. The number of carboxylic acids is 1. The Hall–Kier alpha value is -3.43. The third kappa shape index (κ3) is 4.74. The van der Waals surface area contributed by atoms with Crippen LogP contribution in [0.1, 0.15) is 40.8 Å². The van der Waals surface area contributed by atoms with E-state index in [0.29, 0.717) is 31.4 Å². The van der Waals surface area contributed by atoms with Gasteiger partial charge in [-0.3, -0.25) is 9.69 Å². The standard InChI is InChI=1S/C26H28N4O2/c1-20-4-2-3-5-23(20)14-26(25(31)32)10-12-29(13-11-26)18-24-16-28-19-30(24)17-22-8-6-21(15-27)7-9-22/h2-9,16,19H,10-14,17-18H2,1H3,(H,31,32). The smallest absolute Gasteiger partial charge is 0.310 e. The van der Waals surface area contributed by atoms with Crippen LogP contribution in [0.4, 0.5) is 0 Å². The van der Waals surface area contributed by atoms with E-state index in [-0.39, 0.29) is 0 Å². The number of nitrogens with zero attached hydrogens (tertiary/aromatic N) is 4. The van der Waals surface area contributed by atoms with Crippen LogP contribution in [0.2, 0.25) is 0 Å². The van der Waals surface area contributed by atoms with Crippen molar-refractivity contribution in [3.8, 4) is 6.07 Å². The second-order valence-electron chi connectivity index (χ2n) is 8.79. The molecule has 1 saturated heterocycles. The first kappa shape index (κ1) is 21.8. The van der Waals surface area contributed by atoms with Gasteiger partial charge in [-0.2, -0.15) is 5.26 Å². The summed E-state index contributed by atoms with van der Waals surface area (Å²) in [5, 5.41) is 19.0. The monoisotopic (exact) mass is 428 g/mol. The molecule has 2 heterocycles. The van der Waals surface area contributed by atoms with Gasteiger partial charge in [0.15, 0.2) is 0 Å². The number of likely N-dealkylation sites (tertiary alicyclic amines) is 1. The highest BCUT2D eigenvalue weighted by molar-refractivity contribution is 5.75. The number of carbonyl (C=O) groups is 1. The molecule has 3 aromatic rings. The molecule has 6 heteroatoms. The van der Waals surface area contributed by atoms with Crippen molar-refractivity contribution in [3.05, 3.63) is 89.0 Å². The van der Waals surface area contributed by atoms with Gasteiger partial charge < -0.3 is 9.67 Å². The highest BCUT2D eigenvalue weighted by atomic mass is 16.4. The summed E-state index contributed by atoms with van der Waals surface area (Å²) in [7, 11) is 0. The fraction of sp³-hybridized carbons (Fsp3) is 0.346. The van der Waals surface area contributed by atoms with E-state index in [1.807, 2.05) is 55.0 Å². The second-order valence-corrected chi connectivity index (χ2v) is 8.79. The maximum absolute atomic E-state index is 12.3. The Balaban J connectivity index is 1.40. The summed E-state index contributed by atoms with van der Waals surface area (Å²) < 4.78 is 2.12. The first-order valence-electron chi connectivity index (χ1n) is 11.0. The molecular weight excluding hydrogens is 400 g/mol. The summed E-state index contributed by atoms with van der Waals surface area (Å²) in [6, 6.07) is 17.8. The molecule has 32 heavy (non-hydrogen) atoms. The fourth-order valence-electron chi connectivity index (χ4n) is 4.51. The number of piperidine rings is 1. The van der Waals surface area contributed by atoms with Crippen LogP contribution in [0, 0.1) is 23.7 Å². The number of benzene rings is 2. The number of aryl methyl sites for hydroxylation is 1. The van der Waals surface area contributed by atoms with Crippen LogP contribution in [0.15, 0.2) is 61.1 Å². The molecule has 1 aliphatic heterocycles. The zero-order valence-corrected chi connectivity index (χ0v) is 18.4. The van der Waals surface area contributed by atoms with Gasteiger partial charge in [0.2, 0.25) is 0 Å². The molecule has 0 aliphatic carbocycles. The first-order chi connectivity index (χ1) is 15.5. The van der Waals surface area contributed by atoms with Crippen LogP contribution in [-0.2, 0) is 24.3 Å². The molecule has 4 rings (SSSR count). The molecule has 6 nitrogen and oxygen atoms in total. The van der Waals surface area contributed by atoms with Crippen molar-refractivity contribution in [2.45, 2.75) is 39.3 Å². The van der Waals surface area contributed by atoms with Gasteiger partial charge in [0.25, 0.3) is 0 Å². The van der Waals surface area contributed by atoms with Crippen molar-refractivity contribution in [1.29, 1.82) is 5.26 Å². The number of aromatic nitrogens is 2. The molecule has 0 unspecified atom stereocenters. The van der Waals surface area contributed by atoms with E-state index in [1.165, 1.54) is 0 Å². The predicted molar refractivity (Wildman–Crippen MR) is 122 cm³/mol. The van der Waals surface area contributed by atoms with Crippen molar-refractivity contribution in [1.82, 2.24) is 14.5 Å². The minimum atomic E-state index is -0.703. The number of imidazole rings is 1. The molecule has 0 bridgehead atoms. The molecule has 0 radical (unpaired) electrons. The first-order valence-corrected chi connectivity index (χ1v) is 11.0. The highest BCUT2D eigenvalue weighted by Gasteiger charge is 2.41. The number of hydrogen-bond acceptors (Lipinski definition) is 4. The van der Waals surface area contributed by atoms with Crippen LogP contribution in [0.5, 0.6) is 0 Å². The number of carboxylic acid groups (broad SMARTS) is 1. The average molecular weight is 429 g/mol. The third-order valence-electron chi connectivity index (χ3n) is 6.68. The number of aliphatic carboxylic acids is 1. The van der Waals surface area contributed by atoms with Crippen molar-refractivity contribution < 1.29 is 9.90 Å². The van der Waals surface area contributed by atoms with E-state index in [9.17, 15) is 9.90 Å². The SMILES string of the molecule is Cc1ccccc1CC1(C(=O)O)CCN(Cc2cncn2Cc2ccc(C#N)cc2)CC1. The Bertz CT molecular complexity index is 1120. The van der Waals surface area contributed by atoms with Gasteiger partial charge in [0.05, 0.1) is 29.1 Å². The maximum Gasteiger partial charge on any atom is 0.310 e. The lowest BCUT2D eigenvalue weighted by molar-refractivity contribution is -0.152. The lowest BCUT2D eigenvalue weighted by Crippen LogP contribution is -2.45. The number of hydrogen-bond donors (Lipinski definition) is 1. The van der Waals surface area contributed by atoms with Gasteiger partial charge in [-0.25, -0.2) is 4.98 Å². The quantitative estimate of drug-likeness (QED) is 0.615. The summed E-state index contributed by atoms with van der Waals surface area (Å²) in [6.45, 7) is 4.99. The molecule has 2 aromatic carbocycles. The van der Waals surface area contributed by atoms with Gasteiger partial charge >= 0.3 is 5.97 Å². The molecule has 0 atom stereocenters. The Labute approximate surface area is 188 Å². The minimum absolute atomic E-state index is 0.583. The second kappa shape index (κ2) is 9.37. The molecule has 164 valence electrons. The molecule has 0 amide bonds. The van der Waals surface area contributed by atoms with Crippen LogP contribution >= 0.6 is 0 Å². The van der Waals surface area contributed by atoms with Crippen LogP contribution in [0.25, 0.3) is 0 Å². The average Bonchev–Trinajstić information content (AvgIpc) is 3.23. The van der Waals surface area contributed by atoms with Gasteiger partial charge in [-0.1, -0.05) is 36.4 Å². The normalized spacial score (nSPS) is 15.9. The molecule has 1 aliphatic rings. The van der Waals surface area contributed by atoms with Crippen LogP contribution in [0.3, 0.4) is 0 Å². The molecule has 1 fully saturated rings. The van der Waals surface area contributed by atoms with Gasteiger partial charge in [-0.15, -0.1) is 0 Å². The fourth-order valence-corrected chi connectivity index (χ4v) is 4.51. The summed E-state index contributed by atoms with van der Waals surface area (Å²) in [5.74, 6) is -0.689. The Morgan fingerprint density at radius 3 is 2.50 bits per heavy atom. The Morgan fingerprint density at radius 2 is 1.84 bits per heavy atom. The van der Waals surface area contributed by atoms with E-state index in [2.05, 4.69) is 33.5 Å². The van der Waals surface area contributed by atoms with E-state index in [4.69, 9.17) is 5.26 Å². The van der Waals surface area contributed by atoms with Gasteiger partial charge in [-0.05, 0) is 68.1 Å². The third-order valence-corrected chi connectivity index (χ3v) is 6.68. The van der Waals surface area contributed by atoms with Crippen molar-refractivity contribution in [2.75, 3.05) is 13.1 Å².